The van der Waals surface area contributed by atoms with E-state index in [9.17, 15) is 0 Å². The first-order valence-electron chi connectivity index (χ1n) is 6.86. The lowest BCUT2D eigenvalue weighted by Gasteiger charge is -2.44. The summed E-state index contributed by atoms with van der Waals surface area (Å²) in [6, 6.07) is 11.1. The molecule has 94 valence electrons. The fraction of sp³-hybridized carbons (Fsp3) is 0.571. The summed E-state index contributed by atoms with van der Waals surface area (Å²) in [6.07, 6.45) is 3.95. The Morgan fingerprint density at radius 1 is 1.06 bits per heavy atom. The van der Waals surface area contributed by atoms with Crippen molar-refractivity contribution >= 4 is 22.8 Å². The molecule has 2 unspecified atom stereocenters. The Balaban J connectivity index is 2.27. The minimum atomic E-state index is -0.996. The van der Waals surface area contributed by atoms with Crippen LogP contribution in [0.1, 0.15) is 19.3 Å². The Hall–Kier alpha value is -0.386. The van der Waals surface area contributed by atoms with Gasteiger partial charge in [-0.1, -0.05) is 55.2 Å². The first kappa shape index (κ1) is 13.1. The summed E-state index contributed by atoms with van der Waals surface area (Å²) in [5.41, 5.74) is 0. The van der Waals surface area contributed by atoms with Gasteiger partial charge in [-0.2, -0.15) is 0 Å². The summed E-state index contributed by atoms with van der Waals surface area (Å²) in [4.78, 5) is 0.319. The van der Waals surface area contributed by atoms with Crippen molar-refractivity contribution in [3.05, 3.63) is 30.3 Å². The van der Waals surface area contributed by atoms with Gasteiger partial charge in [-0.15, -0.1) is 0 Å². The van der Waals surface area contributed by atoms with Crippen molar-refractivity contribution in [1.82, 2.24) is 0 Å². The third-order valence-electron chi connectivity index (χ3n) is 4.34. The van der Waals surface area contributed by atoms with Crippen LogP contribution in [0.2, 0.25) is 19.6 Å². The Labute approximate surface area is 108 Å². The molecule has 2 atom stereocenters. The molecule has 0 spiro atoms. The summed E-state index contributed by atoms with van der Waals surface area (Å²) in [5.74, 6) is 0. The zero-order chi connectivity index (χ0) is 12.3. The van der Waals surface area contributed by atoms with E-state index in [2.05, 4.69) is 50.0 Å². The highest BCUT2D eigenvalue weighted by molar-refractivity contribution is 6.87. The molecule has 3 heteroatoms. The predicted molar refractivity (Wildman–Crippen MR) is 80.5 cm³/mol. The molecule has 1 aromatic rings. The van der Waals surface area contributed by atoms with Crippen molar-refractivity contribution in [2.45, 2.75) is 43.8 Å². The summed E-state index contributed by atoms with van der Waals surface area (Å²) < 4.78 is 6.37. The Kier molecular flexibility index (Phi) is 4.23. The molecule has 0 saturated carbocycles. The van der Waals surface area contributed by atoms with E-state index >= 15 is 0 Å². The summed E-state index contributed by atoms with van der Waals surface area (Å²) in [7, 11) is -1.77. The van der Waals surface area contributed by atoms with E-state index in [1.165, 1.54) is 19.3 Å². The van der Waals surface area contributed by atoms with Gasteiger partial charge in [0, 0.05) is 11.5 Å². The smallest absolute Gasteiger partial charge is 0.100 e. The van der Waals surface area contributed by atoms with Crippen LogP contribution < -0.4 is 5.19 Å². The maximum Gasteiger partial charge on any atom is 0.100 e. The largest absolute Gasteiger partial charge is 0.382 e. The summed E-state index contributed by atoms with van der Waals surface area (Å²) in [5, 5.41) is 1.58. The van der Waals surface area contributed by atoms with Gasteiger partial charge < -0.3 is 4.74 Å². The number of ether oxygens (including phenoxy) is 1. The summed E-state index contributed by atoms with van der Waals surface area (Å²) >= 11 is 0. The lowest BCUT2D eigenvalue weighted by Crippen LogP contribution is -2.62. The van der Waals surface area contributed by atoms with E-state index in [1.54, 1.807) is 5.19 Å². The van der Waals surface area contributed by atoms with Gasteiger partial charge in [-0.3, -0.25) is 0 Å². The Morgan fingerprint density at radius 2 is 1.76 bits per heavy atom. The first-order chi connectivity index (χ1) is 8.17. The molecule has 1 heterocycles. The quantitative estimate of drug-likeness (QED) is 0.761. The zero-order valence-electron chi connectivity index (χ0n) is 11.3. The molecule has 0 aliphatic carbocycles. The fourth-order valence-electron chi connectivity index (χ4n) is 3.16. The molecule has 0 radical (unpaired) electrons. The van der Waals surface area contributed by atoms with Crippen LogP contribution in [0.3, 0.4) is 0 Å². The van der Waals surface area contributed by atoms with Crippen molar-refractivity contribution in [2.24, 2.45) is 0 Å². The van der Waals surface area contributed by atoms with Crippen molar-refractivity contribution < 1.29 is 4.74 Å². The minimum Gasteiger partial charge on any atom is -0.382 e. The molecule has 2 rings (SSSR count). The van der Waals surface area contributed by atoms with Gasteiger partial charge in [-0.25, -0.2) is 0 Å². The maximum atomic E-state index is 6.37. The monoisotopic (exact) mass is 264 g/mol. The lowest BCUT2D eigenvalue weighted by atomic mass is 10.2. The highest BCUT2D eigenvalue weighted by atomic mass is 28.3. The van der Waals surface area contributed by atoms with E-state index in [4.69, 9.17) is 4.74 Å². The van der Waals surface area contributed by atoms with Crippen molar-refractivity contribution in [3.8, 4) is 0 Å². The van der Waals surface area contributed by atoms with Gasteiger partial charge in [-0.05, 0) is 19.3 Å². The van der Waals surface area contributed by atoms with Gasteiger partial charge in [0.05, 0.1) is 8.80 Å². The van der Waals surface area contributed by atoms with Crippen LogP contribution in [0, 0.1) is 0 Å². The lowest BCUT2D eigenvalue weighted by molar-refractivity contribution is 0.0295. The first-order valence-corrected chi connectivity index (χ1v) is 12.1. The third-order valence-corrected chi connectivity index (χ3v) is 13.6. The molecule has 1 saturated heterocycles. The van der Waals surface area contributed by atoms with Crippen LogP contribution >= 0.6 is 0 Å². The molecule has 1 aliphatic rings. The minimum absolute atomic E-state index is 0.319. The topological polar surface area (TPSA) is 9.23 Å². The fourth-order valence-corrected chi connectivity index (χ4v) is 11.3. The molecule has 1 nitrogen and oxygen atoms in total. The molecular formula is C14H24OSi2. The van der Waals surface area contributed by atoms with Crippen LogP contribution in [-0.4, -0.2) is 29.0 Å². The Bertz CT molecular complexity index is 344. The van der Waals surface area contributed by atoms with Crippen LogP contribution in [0.25, 0.3) is 0 Å². The van der Waals surface area contributed by atoms with Crippen molar-refractivity contribution in [3.63, 3.8) is 0 Å². The van der Waals surface area contributed by atoms with E-state index in [-0.39, 0.29) is 0 Å². The number of hydrogen-bond acceptors (Lipinski definition) is 1. The maximum absolute atomic E-state index is 6.37. The van der Waals surface area contributed by atoms with Gasteiger partial charge in [0.1, 0.15) is 8.80 Å². The second kappa shape index (κ2) is 5.50. The van der Waals surface area contributed by atoms with E-state index in [0.717, 1.165) is 6.61 Å². The van der Waals surface area contributed by atoms with E-state index < -0.39 is 17.6 Å². The average molecular weight is 265 g/mol. The van der Waals surface area contributed by atoms with E-state index in [1.807, 2.05) is 0 Å². The Morgan fingerprint density at radius 3 is 2.29 bits per heavy atom. The van der Waals surface area contributed by atoms with Gasteiger partial charge >= 0.3 is 0 Å². The normalized spacial score (nSPS) is 27.1. The van der Waals surface area contributed by atoms with Crippen LogP contribution in [-0.2, 0) is 4.74 Å². The van der Waals surface area contributed by atoms with Crippen molar-refractivity contribution in [2.75, 3.05) is 6.61 Å². The number of hydrogen-bond donors (Lipinski definition) is 0. The molecular weight excluding hydrogens is 240 g/mol. The molecule has 1 aromatic carbocycles. The molecule has 0 aromatic heterocycles. The highest BCUT2D eigenvalue weighted by Gasteiger charge is 2.43. The second-order valence-corrected chi connectivity index (χ2v) is 12.6. The predicted octanol–water partition coefficient (Wildman–Crippen LogP) is 2.25. The SMILES string of the molecule is C[SiH](C)C1([SiH](C)c2ccccc2)CCCCO1. The highest BCUT2D eigenvalue weighted by Crippen LogP contribution is 2.30. The van der Waals surface area contributed by atoms with Gasteiger partial charge in [0.25, 0.3) is 0 Å². The van der Waals surface area contributed by atoms with E-state index in [0.29, 0.717) is 4.85 Å². The molecule has 17 heavy (non-hydrogen) atoms. The zero-order valence-corrected chi connectivity index (χ0v) is 13.6. The van der Waals surface area contributed by atoms with Crippen LogP contribution in [0.5, 0.6) is 0 Å². The standard InChI is InChI=1S/C14H24OSi2/c1-16(2)14(11-7-8-12-15-14)17(3)13-9-5-4-6-10-13/h4-6,9-10,16-17H,7-8,11-12H2,1-3H3. The molecule has 1 aliphatic heterocycles. The number of benzene rings is 1. The van der Waals surface area contributed by atoms with Crippen molar-refractivity contribution in [1.29, 1.82) is 0 Å². The average Bonchev–Trinajstić information content (AvgIpc) is 2.39. The molecule has 0 N–H and O–H groups in total. The third kappa shape index (κ3) is 2.56. The van der Waals surface area contributed by atoms with Crippen LogP contribution in [0.15, 0.2) is 30.3 Å². The molecule has 0 bridgehead atoms. The van der Waals surface area contributed by atoms with Crippen LogP contribution in [0.4, 0.5) is 0 Å². The van der Waals surface area contributed by atoms with Gasteiger partial charge in [0.2, 0.25) is 0 Å². The number of rotatable bonds is 3. The molecule has 0 amide bonds. The van der Waals surface area contributed by atoms with Gasteiger partial charge in [0.15, 0.2) is 0 Å². The molecule has 1 fully saturated rings. The summed E-state index contributed by atoms with van der Waals surface area (Å²) in [6.45, 7) is 8.43. The second-order valence-electron chi connectivity index (χ2n) is 5.55.